The zero-order chi connectivity index (χ0) is 15.5. The van der Waals surface area contributed by atoms with Gasteiger partial charge in [0.2, 0.25) is 20.0 Å². The molecule has 1 aromatic carbocycles. The van der Waals surface area contributed by atoms with Gasteiger partial charge in [-0.25, -0.2) is 26.3 Å². The van der Waals surface area contributed by atoms with Crippen molar-refractivity contribution in [1.82, 2.24) is 14.8 Å². The molecule has 7 nitrogen and oxygen atoms in total. The van der Waals surface area contributed by atoms with E-state index in [9.17, 15) is 16.8 Å². The van der Waals surface area contributed by atoms with Crippen LogP contribution in [0.1, 0.15) is 6.42 Å². The van der Waals surface area contributed by atoms with Crippen LogP contribution in [0, 0.1) is 5.92 Å². The maximum absolute atomic E-state index is 12.1. The van der Waals surface area contributed by atoms with Crippen LogP contribution >= 0.6 is 12.4 Å². The van der Waals surface area contributed by atoms with Crippen LogP contribution in [0.4, 0.5) is 0 Å². The summed E-state index contributed by atoms with van der Waals surface area (Å²) in [4.78, 5) is 0.0902. The Kier molecular flexibility index (Phi) is 6.78. The summed E-state index contributed by atoms with van der Waals surface area (Å²) in [7, 11) is -5.87. The lowest BCUT2D eigenvalue weighted by Gasteiger charge is -2.11. The molecule has 0 aromatic heterocycles. The lowest BCUT2D eigenvalue weighted by Crippen LogP contribution is -2.30. The molecule has 0 aliphatic carbocycles. The van der Waals surface area contributed by atoms with Gasteiger partial charge in [0.15, 0.2) is 0 Å². The van der Waals surface area contributed by atoms with Gasteiger partial charge in [-0.1, -0.05) is 0 Å². The smallest absolute Gasteiger partial charge is 0.240 e. The van der Waals surface area contributed by atoms with E-state index >= 15 is 0 Å². The standard InChI is InChI=1S/C12H19N3O4S2.ClH/c1-13-20(16,17)11-2-4-12(5-3-11)21(18,19)15-9-10-6-7-14-8-10;/h2-5,10,13-15H,6-9H2,1H3;1H. The first kappa shape index (κ1) is 19.3. The minimum Gasteiger partial charge on any atom is -0.316 e. The molecule has 2 rings (SSSR count). The molecule has 1 aromatic rings. The normalized spacial score (nSPS) is 18.9. The van der Waals surface area contributed by atoms with E-state index in [1.807, 2.05) is 0 Å². The lowest BCUT2D eigenvalue weighted by molar-refractivity contribution is 0.538. The summed E-state index contributed by atoms with van der Waals surface area (Å²) in [5.74, 6) is 0.295. The number of hydrogen-bond acceptors (Lipinski definition) is 5. The van der Waals surface area contributed by atoms with E-state index in [-0.39, 0.29) is 22.2 Å². The van der Waals surface area contributed by atoms with Crippen LogP contribution in [0.2, 0.25) is 0 Å². The predicted octanol–water partition coefficient (Wildman–Crippen LogP) is -0.0957. The molecule has 0 radical (unpaired) electrons. The fraction of sp³-hybridized carbons (Fsp3) is 0.500. The zero-order valence-corrected chi connectivity index (χ0v) is 14.5. The quantitative estimate of drug-likeness (QED) is 0.649. The van der Waals surface area contributed by atoms with Crippen LogP contribution in [0.25, 0.3) is 0 Å². The number of sulfonamides is 2. The summed E-state index contributed by atoms with van der Waals surface area (Å²) >= 11 is 0. The second-order valence-electron chi connectivity index (χ2n) is 4.89. The van der Waals surface area contributed by atoms with Crippen molar-refractivity contribution in [2.45, 2.75) is 16.2 Å². The van der Waals surface area contributed by atoms with Crippen molar-refractivity contribution < 1.29 is 16.8 Å². The van der Waals surface area contributed by atoms with Crippen molar-refractivity contribution >= 4 is 32.5 Å². The van der Waals surface area contributed by atoms with E-state index in [1.165, 1.54) is 31.3 Å². The van der Waals surface area contributed by atoms with Gasteiger partial charge in [-0.3, -0.25) is 0 Å². The van der Waals surface area contributed by atoms with Crippen LogP contribution in [0.5, 0.6) is 0 Å². The fourth-order valence-corrected chi connectivity index (χ4v) is 3.96. The molecule has 0 spiro atoms. The molecule has 1 fully saturated rings. The van der Waals surface area contributed by atoms with Crippen molar-refractivity contribution in [2.24, 2.45) is 5.92 Å². The van der Waals surface area contributed by atoms with Crippen molar-refractivity contribution in [3.8, 4) is 0 Å². The Hall–Kier alpha value is -0.710. The number of nitrogens with one attached hydrogen (secondary N) is 3. The van der Waals surface area contributed by atoms with E-state index in [4.69, 9.17) is 0 Å². The number of rotatable bonds is 6. The molecule has 1 saturated heterocycles. The third kappa shape index (κ3) is 4.64. The molecule has 1 aliphatic rings. The molecule has 3 N–H and O–H groups in total. The predicted molar refractivity (Wildman–Crippen MR) is 86.1 cm³/mol. The average molecular weight is 370 g/mol. The zero-order valence-electron chi connectivity index (χ0n) is 12.1. The van der Waals surface area contributed by atoms with Gasteiger partial charge in [-0.05, 0) is 56.7 Å². The van der Waals surface area contributed by atoms with Crippen molar-refractivity contribution in [3.63, 3.8) is 0 Å². The first-order chi connectivity index (χ1) is 9.85. The van der Waals surface area contributed by atoms with Gasteiger partial charge in [-0.2, -0.15) is 0 Å². The molecule has 1 aliphatic heterocycles. The second kappa shape index (κ2) is 7.71. The molecule has 126 valence electrons. The highest BCUT2D eigenvalue weighted by molar-refractivity contribution is 7.90. The topological polar surface area (TPSA) is 104 Å². The second-order valence-corrected chi connectivity index (χ2v) is 8.54. The third-order valence-electron chi connectivity index (χ3n) is 3.44. The Balaban J connectivity index is 0.00000242. The summed E-state index contributed by atoms with van der Waals surface area (Å²) in [6.45, 7) is 2.09. The molecule has 10 heteroatoms. The Labute approximate surface area is 137 Å². The maximum atomic E-state index is 12.1. The van der Waals surface area contributed by atoms with Crippen LogP contribution in [-0.4, -0.2) is 43.5 Å². The first-order valence-electron chi connectivity index (χ1n) is 6.59. The summed E-state index contributed by atoms with van der Waals surface area (Å²) in [5.41, 5.74) is 0. The molecular weight excluding hydrogens is 350 g/mol. The van der Waals surface area contributed by atoms with E-state index in [0.29, 0.717) is 12.5 Å². The van der Waals surface area contributed by atoms with Gasteiger partial charge >= 0.3 is 0 Å². The summed E-state index contributed by atoms with van der Waals surface area (Å²) < 4.78 is 52.1. The minimum atomic E-state index is -3.61. The van der Waals surface area contributed by atoms with Gasteiger partial charge < -0.3 is 5.32 Å². The summed E-state index contributed by atoms with van der Waals surface area (Å²) in [5, 5.41) is 3.17. The van der Waals surface area contributed by atoms with Gasteiger partial charge in [0, 0.05) is 6.54 Å². The van der Waals surface area contributed by atoms with E-state index in [1.54, 1.807) is 0 Å². The lowest BCUT2D eigenvalue weighted by atomic mass is 10.1. The third-order valence-corrected chi connectivity index (χ3v) is 6.31. The van der Waals surface area contributed by atoms with E-state index in [0.717, 1.165) is 19.5 Å². The first-order valence-corrected chi connectivity index (χ1v) is 9.56. The largest absolute Gasteiger partial charge is 0.316 e. The molecule has 1 atom stereocenters. The highest BCUT2D eigenvalue weighted by Gasteiger charge is 2.20. The van der Waals surface area contributed by atoms with Gasteiger partial charge in [-0.15, -0.1) is 12.4 Å². The highest BCUT2D eigenvalue weighted by Crippen LogP contribution is 2.15. The number of benzene rings is 1. The van der Waals surface area contributed by atoms with E-state index in [2.05, 4.69) is 14.8 Å². The Morgan fingerprint density at radius 1 is 1.09 bits per heavy atom. The van der Waals surface area contributed by atoms with Crippen molar-refractivity contribution in [3.05, 3.63) is 24.3 Å². The molecular formula is C12H20ClN3O4S2. The Morgan fingerprint density at radius 2 is 1.64 bits per heavy atom. The molecule has 0 amide bonds. The molecule has 0 bridgehead atoms. The van der Waals surface area contributed by atoms with Gasteiger partial charge in [0.25, 0.3) is 0 Å². The van der Waals surface area contributed by atoms with Crippen LogP contribution < -0.4 is 14.8 Å². The number of hydrogen-bond donors (Lipinski definition) is 3. The van der Waals surface area contributed by atoms with Crippen LogP contribution in [0.15, 0.2) is 34.1 Å². The fourth-order valence-electron chi connectivity index (χ4n) is 2.12. The SMILES string of the molecule is CNS(=O)(=O)c1ccc(S(=O)(=O)NCC2CCNC2)cc1.Cl. The molecule has 1 unspecified atom stereocenters. The van der Waals surface area contributed by atoms with Gasteiger partial charge in [0.05, 0.1) is 9.79 Å². The molecule has 22 heavy (non-hydrogen) atoms. The van der Waals surface area contributed by atoms with Gasteiger partial charge in [0.1, 0.15) is 0 Å². The summed E-state index contributed by atoms with van der Waals surface area (Å²) in [6.07, 6.45) is 0.946. The van der Waals surface area contributed by atoms with Crippen LogP contribution in [-0.2, 0) is 20.0 Å². The van der Waals surface area contributed by atoms with Crippen LogP contribution in [0.3, 0.4) is 0 Å². The Morgan fingerprint density at radius 3 is 2.09 bits per heavy atom. The van der Waals surface area contributed by atoms with Crippen molar-refractivity contribution in [2.75, 3.05) is 26.7 Å². The maximum Gasteiger partial charge on any atom is 0.240 e. The number of halogens is 1. The molecule has 1 heterocycles. The average Bonchev–Trinajstić information content (AvgIpc) is 2.99. The monoisotopic (exact) mass is 369 g/mol. The Bertz CT molecular complexity index is 684. The highest BCUT2D eigenvalue weighted by atomic mass is 35.5. The summed E-state index contributed by atoms with van der Waals surface area (Å²) in [6, 6.07) is 5.13. The van der Waals surface area contributed by atoms with E-state index < -0.39 is 20.0 Å². The van der Waals surface area contributed by atoms with Crippen molar-refractivity contribution in [1.29, 1.82) is 0 Å². The minimum absolute atomic E-state index is 0. The molecule has 0 saturated carbocycles.